The fourth-order valence-corrected chi connectivity index (χ4v) is 2.17. The molecule has 0 radical (unpaired) electrons. The zero-order valence-electron chi connectivity index (χ0n) is 8.20. The molecular weight excluding hydrogens is 222 g/mol. The first kappa shape index (κ1) is 9.23. The molecule has 16 heavy (non-hydrogen) atoms. The van der Waals surface area contributed by atoms with E-state index in [1.165, 1.54) is 16.0 Å². The molecule has 0 unspecified atom stereocenters. The molecule has 4 nitrogen and oxygen atoms in total. The smallest absolute Gasteiger partial charge is 0.266 e. The van der Waals surface area contributed by atoms with Crippen molar-refractivity contribution >= 4 is 28.3 Å². The summed E-state index contributed by atoms with van der Waals surface area (Å²) < 4.78 is 1.33. The Hall–Kier alpha value is -2.01. The van der Waals surface area contributed by atoms with Gasteiger partial charge in [-0.1, -0.05) is 23.4 Å². The molecule has 3 aromatic rings. The van der Waals surface area contributed by atoms with Crippen molar-refractivity contribution in [3.63, 3.8) is 0 Å². The highest BCUT2D eigenvalue weighted by Gasteiger charge is 2.13. The highest BCUT2D eigenvalue weighted by molar-refractivity contribution is 7.12. The van der Waals surface area contributed by atoms with Crippen LogP contribution in [0.4, 0.5) is 0 Å². The Balaban J connectivity index is 2.16. The van der Waals surface area contributed by atoms with Crippen LogP contribution < -0.4 is 0 Å². The molecule has 1 aromatic carbocycles. The number of hydrogen-bond acceptors (Lipinski definition) is 4. The van der Waals surface area contributed by atoms with E-state index < -0.39 is 0 Å². The summed E-state index contributed by atoms with van der Waals surface area (Å²) in [5.74, 6) is -0.135. The van der Waals surface area contributed by atoms with Gasteiger partial charge in [-0.15, -0.1) is 16.4 Å². The van der Waals surface area contributed by atoms with Gasteiger partial charge < -0.3 is 0 Å². The van der Waals surface area contributed by atoms with Crippen molar-refractivity contribution in [3.05, 3.63) is 46.7 Å². The van der Waals surface area contributed by atoms with E-state index >= 15 is 0 Å². The van der Waals surface area contributed by atoms with Crippen LogP contribution in [0.2, 0.25) is 0 Å². The van der Waals surface area contributed by atoms with Crippen LogP contribution >= 0.6 is 11.3 Å². The monoisotopic (exact) mass is 229 g/mol. The second-order valence-electron chi connectivity index (χ2n) is 3.27. The summed E-state index contributed by atoms with van der Waals surface area (Å²) in [5.41, 5.74) is 1.47. The number of nitrogens with zero attached hydrogens (tertiary/aromatic N) is 3. The molecule has 0 aliphatic carbocycles. The summed E-state index contributed by atoms with van der Waals surface area (Å²) in [7, 11) is 0. The molecule has 3 rings (SSSR count). The lowest BCUT2D eigenvalue weighted by Crippen LogP contribution is -2.11. The van der Waals surface area contributed by atoms with Gasteiger partial charge in [0.2, 0.25) is 0 Å². The SMILES string of the molecule is O=C(c1cccs1)n1nnc2ccccc21. The number of para-hydroxylation sites is 1. The molecule has 2 aromatic heterocycles. The predicted molar refractivity (Wildman–Crippen MR) is 61.6 cm³/mol. The van der Waals surface area contributed by atoms with Crippen LogP contribution in [0, 0.1) is 0 Å². The van der Waals surface area contributed by atoms with Crippen molar-refractivity contribution in [2.24, 2.45) is 0 Å². The molecule has 0 spiro atoms. The van der Waals surface area contributed by atoms with E-state index in [-0.39, 0.29) is 5.91 Å². The lowest BCUT2D eigenvalue weighted by molar-refractivity contribution is 0.0952. The average molecular weight is 229 g/mol. The average Bonchev–Trinajstić information content (AvgIpc) is 2.98. The summed E-state index contributed by atoms with van der Waals surface area (Å²) in [4.78, 5) is 12.7. The molecule has 78 valence electrons. The third-order valence-corrected chi connectivity index (χ3v) is 3.13. The number of rotatable bonds is 1. The molecule has 0 fully saturated rings. The van der Waals surface area contributed by atoms with Gasteiger partial charge in [-0.2, -0.15) is 4.68 Å². The third-order valence-electron chi connectivity index (χ3n) is 2.28. The molecule has 0 aliphatic heterocycles. The fraction of sp³-hybridized carbons (Fsp3) is 0. The van der Waals surface area contributed by atoms with Gasteiger partial charge in [-0.3, -0.25) is 4.79 Å². The van der Waals surface area contributed by atoms with Crippen LogP contribution in [0.5, 0.6) is 0 Å². The Labute approximate surface area is 95.1 Å². The van der Waals surface area contributed by atoms with E-state index in [1.54, 1.807) is 6.07 Å². The fourth-order valence-electron chi connectivity index (χ4n) is 1.52. The summed E-state index contributed by atoms with van der Waals surface area (Å²) in [6, 6.07) is 11.0. The topological polar surface area (TPSA) is 47.8 Å². The maximum absolute atomic E-state index is 12.1. The second-order valence-corrected chi connectivity index (χ2v) is 4.22. The third kappa shape index (κ3) is 1.33. The molecule has 0 saturated carbocycles. The van der Waals surface area contributed by atoms with Gasteiger partial charge in [-0.25, -0.2) is 0 Å². The molecule has 0 atom stereocenters. The van der Waals surface area contributed by atoms with Crippen molar-refractivity contribution in [1.82, 2.24) is 15.0 Å². The minimum Gasteiger partial charge on any atom is -0.266 e. The van der Waals surface area contributed by atoms with Gasteiger partial charge in [0.1, 0.15) is 5.52 Å². The van der Waals surface area contributed by atoms with E-state index in [2.05, 4.69) is 10.3 Å². The highest BCUT2D eigenvalue weighted by atomic mass is 32.1. The molecule has 5 heteroatoms. The minimum atomic E-state index is -0.135. The molecule has 0 aliphatic rings. The lowest BCUT2D eigenvalue weighted by atomic mass is 10.3. The zero-order valence-corrected chi connectivity index (χ0v) is 9.02. The van der Waals surface area contributed by atoms with E-state index in [4.69, 9.17) is 0 Å². The van der Waals surface area contributed by atoms with Crippen molar-refractivity contribution in [2.75, 3.05) is 0 Å². The van der Waals surface area contributed by atoms with Gasteiger partial charge >= 0.3 is 0 Å². The van der Waals surface area contributed by atoms with Crippen molar-refractivity contribution in [1.29, 1.82) is 0 Å². The standard InChI is InChI=1S/C11H7N3OS/c15-11(10-6-3-7-16-10)14-9-5-2-1-4-8(9)12-13-14/h1-7H. The molecule has 2 heterocycles. The Morgan fingerprint density at radius 3 is 2.88 bits per heavy atom. The Bertz CT molecular complexity index is 642. The highest BCUT2D eigenvalue weighted by Crippen LogP contribution is 2.15. The summed E-state index contributed by atoms with van der Waals surface area (Å²) in [5, 5.41) is 9.69. The first-order valence-corrected chi connectivity index (χ1v) is 5.63. The minimum absolute atomic E-state index is 0.135. The Morgan fingerprint density at radius 2 is 2.06 bits per heavy atom. The molecule has 0 amide bonds. The number of aromatic nitrogens is 3. The summed E-state index contributed by atoms with van der Waals surface area (Å²) >= 11 is 1.40. The van der Waals surface area contributed by atoms with Crippen LogP contribution in [0.15, 0.2) is 41.8 Å². The van der Waals surface area contributed by atoms with Crippen LogP contribution in [0.25, 0.3) is 11.0 Å². The van der Waals surface area contributed by atoms with Gasteiger partial charge in [0, 0.05) is 0 Å². The first-order chi connectivity index (χ1) is 7.86. The van der Waals surface area contributed by atoms with Crippen LogP contribution in [0.1, 0.15) is 9.67 Å². The Kier molecular flexibility index (Phi) is 2.04. The molecule has 0 N–H and O–H groups in total. The largest absolute Gasteiger partial charge is 0.290 e. The number of fused-ring (bicyclic) bond motifs is 1. The second kappa shape index (κ2) is 3.53. The predicted octanol–water partition coefficient (Wildman–Crippen LogP) is 2.18. The Morgan fingerprint density at radius 1 is 1.19 bits per heavy atom. The van der Waals surface area contributed by atoms with Gasteiger partial charge in [0.05, 0.1) is 10.4 Å². The number of thiophene rings is 1. The lowest BCUT2D eigenvalue weighted by Gasteiger charge is -1.97. The maximum Gasteiger partial charge on any atom is 0.290 e. The zero-order chi connectivity index (χ0) is 11.0. The van der Waals surface area contributed by atoms with Gasteiger partial charge in [0.15, 0.2) is 0 Å². The first-order valence-electron chi connectivity index (χ1n) is 4.75. The summed E-state index contributed by atoms with van der Waals surface area (Å²) in [6.07, 6.45) is 0. The number of hydrogen-bond donors (Lipinski definition) is 0. The molecular formula is C11H7N3OS. The number of carbonyl (C=O) groups is 1. The van der Waals surface area contributed by atoms with Crippen molar-refractivity contribution in [3.8, 4) is 0 Å². The van der Waals surface area contributed by atoms with Gasteiger partial charge in [0.25, 0.3) is 5.91 Å². The van der Waals surface area contributed by atoms with Crippen molar-refractivity contribution < 1.29 is 4.79 Å². The number of carbonyl (C=O) groups excluding carboxylic acids is 1. The van der Waals surface area contributed by atoms with Crippen molar-refractivity contribution in [2.45, 2.75) is 0 Å². The van der Waals surface area contributed by atoms with E-state index in [0.29, 0.717) is 4.88 Å². The van der Waals surface area contributed by atoms with E-state index in [1.807, 2.05) is 35.7 Å². The normalized spacial score (nSPS) is 10.8. The van der Waals surface area contributed by atoms with Crippen LogP contribution in [0.3, 0.4) is 0 Å². The van der Waals surface area contributed by atoms with Gasteiger partial charge in [-0.05, 0) is 23.6 Å². The molecule has 0 saturated heterocycles. The van der Waals surface area contributed by atoms with E-state index in [0.717, 1.165) is 11.0 Å². The number of benzene rings is 1. The van der Waals surface area contributed by atoms with Crippen LogP contribution in [-0.2, 0) is 0 Å². The van der Waals surface area contributed by atoms with E-state index in [9.17, 15) is 4.79 Å². The molecule has 0 bridgehead atoms. The summed E-state index contributed by atoms with van der Waals surface area (Å²) in [6.45, 7) is 0. The maximum atomic E-state index is 12.1. The quantitative estimate of drug-likeness (QED) is 0.642. The van der Waals surface area contributed by atoms with Crippen LogP contribution in [-0.4, -0.2) is 20.9 Å².